The summed E-state index contributed by atoms with van der Waals surface area (Å²) in [6.07, 6.45) is 0.376. The lowest BCUT2D eigenvalue weighted by molar-refractivity contribution is -0.117. The number of nitriles is 1. The van der Waals surface area contributed by atoms with Crippen molar-refractivity contribution in [3.8, 4) is 6.07 Å². The van der Waals surface area contributed by atoms with Gasteiger partial charge in [-0.1, -0.05) is 0 Å². The van der Waals surface area contributed by atoms with E-state index < -0.39 is 0 Å². The molecule has 4 nitrogen and oxygen atoms in total. The Morgan fingerprint density at radius 2 is 2.25 bits per heavy atom. The Balaban J connectivity index is 2.46. The summed E-state index contributed by atoms with van der Waals surface area (Å²) < 4.78 is 0. The molecule has 16 heavy (non-hydrogen) atoms. The van der Waals surface area contributed by atoms with Gasteiger partial charge in [0.15, 0.2) is 0 Å². The summed E-state index contributed by atoms with van der Waals surface area (Å²) in [4.78, 5) is 14.4. The van der Waals surface area contributed by atoms with Crippen LogP contribution in [0, 0.1) is 25.2 Å². The highest BCUT2D eigenvalue weighted by Crippen LogP contribution is 2.36. The molecule has 1 aliphatic heterocycles. The van der Waals surface area contributed by atoms with Crippen LogP contribution < -0.4 is 10.6 Å². The number of hydrogen-bond acceptors (Lipinski definition) is 4. The van der Waals surface area contributed by atoms with E-state index in [0.717, 1.165) is 15.4 Å². The zero-order chi connectivity index (χ0) is 11.9. The first kappa shape index (κ1) is 11.1. The maximum Gasteiger partial charge on any atom is 0.229 e. The van der Waals surface area contributed by atoms with Crippen LogP contribution >= 0.6 is 11.3 Å². The molecule has 1 saturated heterocycles. The SMILES string of the molecule is Cc1sc(N2CC(N)CC2=O)c(C#N)c1C. The fourth-order valence-electron chi connectivity index (χ4n) is 1.86. The summed E-state index contributed by atoms with van der Waals surface area (Å²) in [5.74, 6) is 0.0188. The van der Waals surface area contributed by atoms with Crippen LogP contribution in [0.5, 0.6) is 0 Å². The molecule has 2 N–H and O–H groups in total. The number of anilines is 1. The van der Waals surface area contributed by atoms with Crippen LogP contribution in [0.25, 0.3) is 0 Å². The second-order valence-corrected chi connectivity index (χ2v) is 5.25. The van der Waals surface area contributed by atoms with E-state index in [0.29, 0.717) is 18.5 Å². The first-order valence-corrected chi connectivity index (χ1v) is 5.92. The van der Waals surface area contributed by atoms with Crippen molar-refractivity contribution in [3.63, 3.8) is 0 Å². The monoisotopic (exact) mass is 235 g/mol. The largest absolute Gasteiger partial charge is 0.326 e. The lowest BCUT2D eigenvalue weighted by Gasteiger charge is -2.13. The third-order valence-electron chi connectivity index (χ3n) is 2.88. The Kier molecular flexibility index (Phi) is 2.70. The van der Waals surface area contributed by atoms with Gasteiger partial charge in [0.25, 0.3) is 0 Å². The predicted molar refractivity (Wildman–Crippen MR) is 63.5 cm³/mol. The molecule has 0 spiro atoms. The number of amides is 1. The Hall–Kier alpha value is -1.38. The van der Waals surface area contributed by atoms with Gasteiger partial charge in [-0.25, -0.2) is 0 Å². The molecule has 5 heteroatoms. The number of nitrogens with zero attached hydrogens (tertiary/aromatic N) is 2. The Bertz CT molecular complexity index is 486. The van der Waals surface area contributed by atoms with Gasteiger partial charge in [-0.3, -0.25) is 4.79 Å². The number of rotatable bonds is 1. The predicted octanol–water partition coefficient (Wildman–Crippen LogP) is 1.30. The average Bonchev–Trinajstić information content (AvgIpc) is 2.69. The summed E-state index contributed by atoms with van der Waals surface area (Å²) >= 11 is 1.50. The molecule has 1 atom stereocenters. The summed E-state index contributed by atoms with van der Waals surface area (Å²) in [6.45, 7) is 4.39. The third-order valence-corrected chi connectivity index (χ3v) is 4.11. The maximum atomic E-state index is 11.7. The van der Waals surface area contributed by atoms with E-state index in [4.69, 9.17) is 11.0 Å². The molecule has 84 valence electrons. The van der Waals surface area contributed by atoms with Crippen LogP contribution in [-0.2, 0) is 4.79 Å². The lowest BCUT2D eigenvalue weighted by Crippen LogP contribution is -2.27. The quantitative estimate of drug-likeness (QED) is 0.797. The van der Waals surface area contributed by atoms with Gasteiger partial charge < -0.3 is 10.6 Å². The van der Waals surface area contributed by atoms with E-state index in [-0.39, 0.29) is 11.9 Å². The van der Waals surface area contributed by atoms with Crippen LogP contribution in [0.3, 0.4) is 0 Å². The van der Waals surface area contributed by atoms with Crippen LogP contribution in [-0.4, -0.2) is 18.5 Å². The summed E-state index contributed by atoms with van der Waals surface area (Å²) in [7, 11) is 0. The van der Waals surface area contributed by atoms with Gasteiger partial charge in [-0.2, -0.15) is 5.26 Å². The molecule has 1 aromatic rings. The minimum atomic E-state index is -0.109. The first-order valence-electron chi connectivity index (χ1n) is 5.10. The normalized spacial score (nSPS) is 20.2. The highest BCUT2D eigenvalue weighted by atomic mass is 32.1. The van der Waals surface area contributed by atoms with Gasteiger partial charge in [-0.15, -0.1) is 11.3 Å². The molecule has 1 fully saturated rings. The van der Waals surface area contributed by atoms with Crippen LogP contribution in [0.2, 0.25) is 0 Å². The van der Waals surface area contributed by atoms with Crippen LogP contribution in [0.15, 0.2) is 0 Å². The zero-order valence-corrected chi connectivity index (χ0v) is 10.1. The highest BCUT2D eigenvalue weighted by Gasteiger charge is 2.31. The molecule has 0 saturated carbocycles. The highest BCUT2D eigenvalue weighted by molar-refractivity contribution is 7.16. The maximum absolute atomic E-state index is 11.7. The van der Waals surface area contributed by atoms with Crippen molar-refractivity contribution in [2.24, 2.45) is 5.73 Å². The van der Waals surface area contributed by atoms with Crippen LogP contribution in [0.1, 0.15) is 22.4 Å². The van der Waals surface area contributed by atoms with Crippen LogP contribution in [0.4, 0.5) is 5.00 Å². The number of hydrogen-bond donors (Lipinski definition) is 1. The molecule has 0 bridgehead atoms. The number of carbonyl (C=O) groups is 1. The number of carbonyl (C=O) groups excluding carboxylic acids is 1. The number of aryl methyl sites for hydroxylation is 1. The van der Waals surface area contributed by atoms with E-state index in [1.54, 1.807) is 4.90 Å². The molecule has 1 unspecified atom stereocenters. The van der Waals surface area contributed by atoms with E-state index in [1.807, 2.05) is 13.8 Å². The van der Waals surface area contributed by atoms with Crippen molar-refractivity contribution in [1.29, 1.82) is 5.26 Å². The smallest absolute Gasteiger partial charge is 0.229 e. The van der Waals surface area contributed by atoms with Crippen molar-refractivity contribution < 1.29 is 4.79 Å². The van der Waals surface area contributed by atoms with Crippen molar-refractivity contribution >= 4 is 22.2 Å². The van der Waals surface area contributed by atoms with E-state index in [2.05, 4.69) is 6.07 Å². The zero-order valence-electron chi connectivity index (χ0n) is 9.28. The van der Waals surface area contributed by atoms with Crippen molar-refractivity contribution in [2.75, 3.05) is 11.4 Å². The molecular weight excluding hydrogens is 222 g/mol. The molecule has 1 aliphatic rings. The van der Waals surface area contributed by atoms with Crippen molar-refractivity contribution in [1.82, 2.24) is 0 Å². The minimum Gasteiger partial charge on any atom is -0.326 e. The van der Waals surface area contributed by atoms with Gasteiger partial charge in [0.1, 0.15) is 11.1 Å². The van der Waals surface area contributed by atoms with Gasteiger partial charge in [0, 0.05) is 23.9 Å². The van der Waals surface area contributed by atoms with Gasteiger partial charge in [-0.05, 0) is 19.4 Å². The minimum absolute atomic E-state index is 0.0188. The lowest BCUT2D eigenvalue weighted by atomic mass is 10.2. The van der Waals surface area contributed by atoms with E-state index >= 15 is 0 Å². The van der Waals surface area contributed by atoms with Crippen molar-refractivity contribution in [3.05, 3.63) is 16.0 Å². The number of nitrogens with two attached hydrogens (primary N) is 1. The van der Waals surface area contributed by atoms with Gasteiger partial charge >= 0.3 is 0 Å². The first-order chi connectivity index (χ1) is 7.54. The molecule has 0 radical (unpaired) electrons. The summed E-state index contributed by atoms with van der Waals surface area (Å²) in [5, 5.41) is 9.87. The van der Waals surface area contributed by atoms with Gasteiger partial charge in [0.2, 0.25) is 5.91 Å². The molecule has 0 aromatic carbocycles. The van der Waals surface area contributed by atoms with E-state index in [9.17, 15) is 4.79 Å². The van der Waals surface area contributed by atoms with Crippen molar-refractivity contribution in [2.45, 2.75) is 26.3 Å². The Labute approximate surface area is 98.3 Å². The molecule has 0 aliphatic carbocycles. The van der Waals surface area contributed by atoms with E-state index in [1.165, 1.54) is 11.3 Å². The molecule has 1 amide bonds. The number of thiophene rings is 1. The second-order valence-electron chi connectivity index (χ2n) is 4.04. The molecule has 2 heterocycles. The molecule has 1 aromatic heterocycles. The third kappa shape index (κ3) is 1.60. The fraction of sp³-hybridized carbons (Fsp3) is 0.455. The fourth-order valence-corrected chi connectivity index (χ4v) is 2.99. The summed E-state index contributed by atoms with van der Waals surface area (Å²) in [6, 6.07) is 2.06. The average molecular weight is 235 g/mol. The second kappa shape index (κ2) is 3.89. The van der Waals surface area contributed by atoms with Gasteiger partial charge in [0.05, 0.1) is 5.56 Å². The Morgan fingerprint density at radius 3 is 2.75 bits per heavy atom. The molecular formula is C11H13N3OS. The Morgan fingerprint density at radius 1 is 1.56 bits per heavy atom. The summed E-state index contributed by atoms with van der Waals surface area (Å²) in [5.41, 5.74) is 7.33. The molecule has 2 rings (SSSR count). The standard InChI is InChI=1S/C11H13N3OS/c1-6-7(2)16-11(9(6)4-12)14-5-8(13)3-10(14)15/h8H,3,5,13H2,1-2H3. The topological polar surface area (TPSA) is 70.1 Å².